The van der Waals surface area contributed by atoms with Crippen LogP contribution < -0.4 is 32.5 Å². The predicted molar refractivity (Wildman–Crippen MR) is 256 cm³/mol. The Balaban J connectivity index is 1.75. The number of hydrogen-bond acceptors (Lipinski definition) is 9. The monoisotopic (exact) mass is 882 g/mol. The Morgan fingerprint density at radius 1 is 0.468 bits per heavy atom. The second kappa shape index (κ2) is 17.7. The van der Waals surface area contributed by atoms with E-state index in [1.807, 2.05) is 79.7 Å². The molecule has 6 aromatic rings. The number of benzene rings is 5. The number of rotatable bonds is 11. The van der Waals surface area contributed by atoms with Crippen LogP contribution in [-0.2, 0) is 21.7 Å². The van der Waals surface area contributed by atoms with Crippen molar-refractivity contribution in [1.29, 1.82) is 0 Å². The van der Waals surface area contributed by atoms with Crippen molar-refractivity contribution in [1.82, 2.24) is 0 Å². The minimum absolute atomic E-state index is 0.352. The van der Waals surface area contributed by atoms with Gasteiger partial charge in [-0.25, -0.2) is 0 Å². The Morgan fingerprint density at radius 2 is 0.855 bits per heavy atom. The SMILES string of the molecule is COc1cc(-c2cc(OC)cc(C(C)(C)C)c2Op2oc3c(C(C)(C)C)cc(OC)cc3c3cc(OC)cc(C(C)(C)C)c3o2)c(OPOc2ccccc2C)c(C(C)(C)C)c1. The third-order valence-electron chi connectivity index (χ3n) is 10.9. The standard InChI is InChI=1S/C51H64O9P2/c1-30-20-18-19-21-43(30)56-61-57-44-35(22-31(52-14)26-39(44)48(2,3)4)36-23-32(53-15)27-40(49(5,6)7)45(36)58-62-59-46-37(24-33(54-16)28-41(46)50(8,9)10)38-25-34(55-17)29-42(47(38)60-62)51(11,12)13/h18-29,61H,1-17H3. The summed E-state index contributed by atoms with van der Waals surface area (Å²) in [6.45, 7) is 27.9. The fraction of sp³-hybridized carbons (Fsp3) is 0.412. The summed E-state index contributed by atoms with van der Waals surface area (Å²) < 4.78 is 58.6. The van der Waals surface area contributed by atoms with Gasteiger partial charge in [0, 0.05) is 44.2 Å². The largest absolute Gasteiger partial charge is 0.497 e. The van der Waals surface area contributed by atoms with Crippen molar-refractivity contribution in [2.24, 2.45) is 0 Å². The zero-order valence-corrected chi connectivity index (χ0v) is 41.4. The van der Waals surface area contributed by atoms with Crippen LogP contribution in [0.1, 0.15) is 111 Å². The lowest BCUT2D eigenvalue weighted by Gasteiger charge is -2.28. The van der Waals surface area contributed by atoms with Gasteiger partial charge in [0.25, 0.3) is 9.03 Å². The first-order valence-corrected chi connectivity index (χ1v) is 22.8. The van der Waals surface area contributed by atoms with E-state index >= 15 is 0 Å². The molecule has 11 heteroatoms. The quantitative estimate of drug-likeness (QED) is 0.118. The van der Waals surface area contributed by atoms with E-state index in [0.717, 1.165) is 49.9 Å². The van der Waals surface area contributed by atoms with Crippen molar-refractivity contribution in [3.05, 3.63) is 101 Å². The smallest absolute Gasteiger partial charge is 0.453 e. The number of hydrogen-bond donors (Lipinski definition) is 0. The highest BCUT2D eigenvalue weighted by Gasteiger charge is 2.32. The third kappa shape index (κ3) is 9.80. The van der Waals surface area contributed by atoms with Crippen molar-refractivity contribution in [3.8, 4) is 51.4 Å². The molecule has 0 aliphatic rings. The fourth-order valence-corrected chi connectivity index (χ4v) is 9.19. The zero-order chi connectivity index (χ0) is 45.5. The lowest BCUT2D eigenvalue weighted by Crippen LogP contribution is -2.15. The molecule has 1 aromatic heterocycles. The van der Waals surface area contributed by atoms with Crippen LogP contribution in [0.2, 0.25) is 0 Å². The molecule has 0 aliphatic carbocycles. The first-order valence-electron chi connectivity index (χ1n) is 20.9. The van der Waals surface area contributed by atoms with E-state index in [1.165, 1.54) is 0 Å². The van der Waals surface area contributed by atoms with Crippen LogP contribution in [0.15, 0.2) is 81.2 Å². The number of fused-ring (bicyclic) bond motifs is 3. The first kappa shape index (κ1) is 46.5. The normalized spacial score (nSPS) is 12.5. The number of para-hydroxylation sites is 1. The van der Waals surface area contributed by atoms with Crippen molar-refractivity contribution in [3.63, 3.8) is 0 Å². The average Bonchev–Trinajstić information content (AvgIpc) is 3.35. The summed E-state index contributed by atoms with van der Waals surface area (Å²) in [4.78, 5) is 0. The van der Waals surface area contributed by atoms with E-state index in [4.69, 9.17) is 40.9 Å². The summed E-state index contributed by atoms with van der Waals surface area (Å²) in [5, 5.41) is 1.64. The first-order chi connectivity index (χ1) is 29.0. The minimum atomic E-state index is -2.20. The molecule has 1 unspecified atom stereocenters. The molecule has 0 saturated carbocycles. The van der Waals surface area contributed by atoms with Crippen molar-refractivity contribution in [2.75, 3.05) is 28.4 Å². The van der Waals surface area contributed by atoms with Gasteiger partial charge in [-0.05, 0) is 88.7 Å². The molecule has 0 spiro atoms. The van der Waals surface area contributed by atoms with Gasteiger partial charge in [0.1, 0.15) is 51.4 Å². The van der Waals surface area contributed by atoms with Gasteiger partial charge in [0.2, 0.25) is 0 Å². The molecule has 6 rings (SSSR count). The number of methoxy groups -OCH3 is 4. The van der Waals surface area contributed by atoms with Crippen LogP contribution in [-0.4, -0.2) is 28.4 Å². The van der Waals surface area contributed by atoms with Gasteiger partial charge in [-0.15, -0.1) is 0 Å². The number of ether oxygens (including phenoxy) is 4. The summed E-state index contributed by atoms with van der Waals surface area (Å²) >= 11 is 0. The van der Waals surface area contributed by atoms with Gasteiger partial charge in [0.15, 0.2) is 0 Å². The minimum Gasteiger partial charge on any atom is -0.497 e. The second-order valence-electron chi connectivity index (χ2n) is 19.8. The topological polar surface area (TPSA) is 90.9 Å². The molecule has 0 fully saturated rings. The van der Waals surface area contributed by atoms with Gasteiger partial charge in [-0.1, -0.05) is 101 Å². The van der Waals surface area contributed by atoms with Gasteiger partial charge in [-0.2, -0.15) is 0 Å². The van der Waals surface area contributed by atoms with Crippen LogP contribution in [0.5, 0.6) is 40.2 Å². The van der Waals surface area contributed by atoms with E-state index in [-0.39, 0.29) is 25.3 Å². The van der Waals surface area contributed by atoms with Crippen molar-refractivity contribution >= 4 is 39.2 Å². The van der Waals surface area contributed by atoms with Crippen LogP contribution >= 0.6 is 17.3 Å². The lowest BCUT2D eigenvalue weighted by molar-refractivity contribution is 0.409. The Labute approximate surface area is 370 Å². The zero-order valence-electron chi connectivity index (χ0n) is 39.5. The van der Waals surface area contributed by atoms with E-state index in [2.05, 4.69) is 83.1 Å². The second-order valence-corrected chi connectivity index (χ2v) is 21.3. The molecule has 1 atom stereocenters. The van der Waals surface area contributed by atoms with Gasteiger partial charge >= 0.3 is 8.24 Å². The van der Waals surface area contributed by atoms with Gasteiger partial charge in [0.05, 0.1) is 28.4 Å². The summed E-state index contributed by atoms with van der Waals surface area (Å²) in [7, 11) is 4.16. The molecular formula is C51H64O9P2. The third-order valence-corrected chi connectivity index (χ3v) is 12.5. The maximum absolute atomic E-state index is 7.36. The highest BCUT2D eigenvalue weighted by Crippen LogP contribution is 2.54. The van der Waals surface area contributed by atoms with Crippen LogP contribution in [0.25, 0.3) is 33.1 Å². The van der Waals surface area contributed by atoms with E-state index in [9.17, 15) is 0 Å². The summed E-state index contributed by atoms with van der Waals surface area (Å²) in [5.74, 6) is 4.67. The Bertz CT molecular complexity index is 2550. The molecule has 1 heterocycles. The van der Waals surface area contributed by atoms with Crippen molar-refractivity contribution < 1.29 is 40.9 Å². The summed E-state index contributed by atoms with van der Waals surface area (Å²) in [6, 6.07) is 24.0. The van der Waals surface area contributed by atoms with Crippen LogP contribution in [0, 0.1) is 6.92 Å². The van der Waals surface area contributed by atoms with Crippen LogP contribution in [0.3, 0.4) is 0 Å². The Morgan fingerprint density at radius 3 is 1.27 bits per heavy atom. The average molecular weight is 883 g/mol. The summed E-state index contributed by atoms with van der Waals surface area (Å²) in [5.41, 5.74) is 5.96. The maximum Gasteiger partial charge on any atom is 0.453 e. The van der Waals surface area contributed by atoms with E-state index in [0.29, 0.717) is 51.2 Å². The molecule has 9 nitrogen and oxygen atoms in total. The summed E-state index contributed by atoms with van der Waals surface area (Å²) in [6.07, 6.45) is 0. The molecule has 62 heavy (non-hydrogen) atoms. The Hall–Kier alpha value is -4.97. The molecule has 0 saturated heterocycles. The molecule has 0 N–H and O–H groups in total. The van der Waals surface area contributed by atoms with E-state index in [1.54, 1.807) is 28.4 Å². The molecule has 0 bridgehead atoms. The Kier molecular flexibility index (Phi) is 13.3. The van der Waals surface area contributed by atoms with Crippen LogP contribution in [0.4, 0.5) is 0 Å². The predicted octanol–water partition coefficient (Wildman–Crippen LogP) is 15.3. The highest BCUT2D eigenvalue weighted by molar-refractivity contribution is 7.32. The van der Waals surface area contributed by atoms with Gasteiger partial charge in [-0.3, -0.25) is 0 Å². The lowest BCUT2D eigenvalue weighted by atomic mass is 9.81. The molecule has 332 valence electrons. The molecule has 0 aliphatic heterocycles. The maximum atomic E-state index is 7.36. The molecule has 0 amide bonds. The van der Waals surface area contributed by atoms with Gasteiger partial charge < -0.3 is 40.9 Å². The van der Waals surface area contributed by atoms with Crippen molar-refractivity contribution in [2.45, 2.75) is 112 Å². The molecular weight excluding hydrogens is 818 g/mol. The molecule has 5 aromatic carbocycles. The molecule has 0 radical (unpaired) electrons. The fourth-order valence-electron chi connectivity index (χ4n) is 7.37. The number of aryl methyl sites for hydroxylation is 1. The highest BCUT2D eigenvalue weighted by atomic mass is 31.1. The van der Waals surface area contributed by atoms with E-state index < -0.39 is 13.7 Å².